The lowest BCUT2D eigenvalue weighted by molar-refractivity contribution is 0.199. The minimum atomic E-state index is -0.493. The molecule has 84 valence electrons. The molecule has 1 N–H and O–H groups in total. The Bertz CT molecular complexity index is 310. The summed E-state index contributed by atoms with van der Waals surface area (Å²) in [5.74, 6) is 0.689. The first-order chi connectivity index (χ1) is 7.15. The summed E-state index contributed by atoms with van der Waals surface area (Å²) in [5.41, 5.74) is 0.808. The highest BCUT2D eigenvalue weighted by Crippen LogP contribution is 2.27. The van der Waals surface area contributed by atoms with Crippen LogP contribution in [0.3, 0.4) is 0 Å². The minimum Gasteiger partial charge on any atom is -0.492 e. The van der Waals surface area contributed by atoms with E-state index in [0.717, 1.165) is 18.4 Å². The van der Waals surface area contributed by atoms with Crippen molar-refractivity contribution in [1.82, 2.24) is 0 Å². The molecule has 0 bridgehead atoms. The number of unbranched alkanes of at least 4 members (excludes halogenated alkanes) is 1. The quantitative estimate of drug-likeness (QED) is 0.781. The number of ether oxygens (including phenoxy) is 1. The van der Waals surface area contributed by atoms with Crippen molar-refractivity contribution in [2.75, 3.05) is 6.61 Å². The molecule has 3 heteroatoms. The number of halogens is 1. The van der Waals surface area contributed by atoms with Gasteiger partial charge in [-0.1, -0.05) is 31.0 Å². The van der Waals surface area contributed by atoms with Crippen molar-refractivity contribution in [2.24, 2.45) is 0 Å². The van der Waals surface area contributed by atoms with Crippen molar-refractivity contribution < 1.29 is 9.84 Å². The van der Waals surface area contributed by atoms with Crippen LogP contribution in [-0.4, -0.2) is 11.7 Å². The second kappa shape index (κ2) is 5.99. The van der Waals surface area contributed by atoms with Gasteiger partial charge in [-0.05, 0) is 31.0 Å². The van der Waals surface area contributed by atoms with Gasteiger partial charge in [0, 0.05) is 0 Å². The summed E-state index contributed by atoms with van der Waals surface area (Å²) in [6, 6.07) is 5.38. The zero-order valence-corrected chi connectivity index (χ0v) is 9.92. The molecule has 0 heterocycles. The van der Waals surface area contributed by atoms with E-state index in [2.05, 4.69) is 6.92 Å². The summed E-state index contributed by atoms with van der Waals surface area (Å²) in [7, 11) is 0. The first kappa shape index (κ1) is 12.3. The van der Waals surface area contributed by atoms with Crippen LogP contribution < -0.4 is 4.74 Å². The average molecular weight is 229 g/mol. The van der Waals surface area contributed by atoms with Crippen molar-refractivity contribution in [3.8, 4) is 5.75 Å². The Kier molecular flexibility index (Phi) is 4.92. The first-order valence-electron chi connectivity index (χ1n) is 5.25. The van der Waals surface area contributed by atoms with Crippen molar-refractivity contribution in [1.29, 1.82) is 0 Å². The van der Waals surface area contributed by atoms with Crippen LogP contribution in [0.25, 0.3) is 0 Å². The van der Waals surface area contributed by atoms with E-state index in [4.69, 9.17) is 16.3 Å². The van der Waals surface area contributed by atoms with E-state index in [-0.39, 0.29) is 0 Å². The molecule has 0 spiro atoms. The Morgan fingerprint density at radius 2 is 2.20 bits per heavy atom. The molecule has 1 aromatic carbocycles. The molecule has 1 aromatic rings. The zero-order valence-electron chi connectivity index (χ0n) is 9.16. The van der Waals surface area contributed by atoms with E-state index < -0.39 is 6.10 Å². The van der Waals surface area contributed by atoms with Gasteiger partial charge in [0.1, 0.15) is 5.75 Å². The predicted octanol–water partition coefficient (Wildman–Crippen LogP) is 3.57. The van der Waals surface area contributed by atoms with Crippen LogP contribution in [0, 0.1) is 0 Å². The van der Waals surface area contributed by atoms with Crippen LogP contribution in [0.2, 0.25) is 5.02 Å². The van der Waals surface area contributed by atoms with Crippen LogP contribution in [0.15, 0.2) is 18.2 Å². The fraction of sp³-hybridized carbons (Fsp3) is 0.500. The largest absolute Gasteiger partial charge is 0.492 e. The Balaban J connectivity index is 2.66. The third-order valence-electron chi connectivity index (χ3n) is 2.19. The van der Waals surface area contributed by atoms with Crippen molar-refractivity contribution in [2.45, 2.75) is 32.8 Å². The van der Waals surface area contributed by atoms with Gasteiger partial charge < -0.3 is 9.84 Å². The van der Waals surface area contributed by atoms with Gasteiger partial charge in [0.25, 0.3) is 0 Å². The molecule has 15 heavy (non-hydrogen) atoms. The van der Waals surface area contributed by atoms with Crippen LogP contribution in [-0.2, 0) is 0 Å². The van der Waals surface area contributed by atoms with Crippen molar-refractivity contribution in [3.05, 3.63) is 28.8 Å². The number of rotatable bonds is 5. The maximum absolute atomic E-state index is 9.35. The third-order valence-corrected chi connectivity index (χ3v) is 2.49. The van der Waals surface area contributed by atoms with E-state index in [9.17, 15) is 5.11 Å². The van der Waals surface area contributed by atoms with Crippen molar-refractivity contribution in [3.63, 3.8) is 0 Å². The van der Waals surface area contributed by atoms with Crippen molar-refractivity contribution >= 4 is 11.6 Å². The maximum atomic E-state index is 9.35. The predicted molar refractivity (Wildman–Crippen MR) is 62.5 cm³/mol. The lowest BCUT2D eigenvalue weighted by Gasteiger charge is -2.10. The Hall–Kier alpha value is -0.730. The number of benzene rings is 1. The van der Waals surface area contributed by atoms with Crippen LogP contribution in [0.5, 0.6) is 5.75 Å². The highest BCUT2D eigenvalue weighted by molar-refractivity contribution is 6.32. The molecule has 1 unspecified atom stereocenters. The van der Waals surface area contributed by atoms with Gasteiger partial charge in [0.05, 0.1) is 17.7 Å². The molecular weight excluding hydrogens is 212 g/mol. The Labute approximate surface area is 95.8 Å². The number of aliphatic hydroxyl groups excluding tert-OH is 1. The van der Waals surface area contributed by atoms with E-state index in [1.807, 2.05) is 6.07 Å². The number of hydrogen-bond acceptors (Lipinski definition) is 2. The molecule has 0 aliphatic rings. The van der Waals surface area contributed by atoms with Gasteiger partial charge in [-0.2, -0.15) is 0 Å². The molecule has 0 aromatic heterocycles. The van der Waals surface area contributed by atoms with E-state index in [1.54, 1.807) is 19.1 Å². The normalized spacial score (nSPS) is 12.5. The van der Waals surface area contributed by atoms with Gasteiger partial charge >= 0.3 is 0 Å². The van der Waals surface area contributed by atoms with E-state index in [0.29, 0.717) is 17.4 Å². The molecule has 0 saturated carbocycles. The molecule has 2 nitrogen and oxygen atoms in total. The molecule has 0 aliphatic heterocycles. The number of aliphatic hydroxyl groups is 1. The topological polar surface area (TPSA) is 29.5 Å². The summed E-state index contributed by atoms with van der Waals surface area (Å²) >= 11 is 6.02. The van der Waals surface area contributed by atoms with Crippen LogP contribution >= 0.6 is 11.6 Å². The second-order valence-corrected chi connectivity index (χ2v) is 3.98. The van der Waals surface area contributed by atoms with E-state index >= 15 is 0 Å². The van der Waals surface area contributed by atoms with Crippen LogP contribution in [0.4, 0.5) is 0 Å². The van der Waals surface area contributed by atoms with Gasteiger partial charge in [0.15, 0.2) is 0 Å². The van der Waals surface area contributed by atoms with Gasteiger partial charge in [0.2, 0.25) is 0 Å². The Morgan fingerprint density at radius 3 is 2.73 bits per heavy atom. The third kappa shape index (κ3) is 3.73. The number of hydrogen-bond donors (Lipinski definition) is 1. The molecule has 0 amide bonds. The summed E-state index contributed by atoms with van der Waals surface area (Å²) < 4.78 is 5.50. The summed E-state index contributed by atoms with van der Waals surface area (Å²) in [4.78, 5) is 0. The van der Waals surface area contributed by atoms with Gasteiger partial charge in [-0.15, -0.1) is 0 Å². The van der Waals surface area contributed by atoms with Gasteiger partial charge in [-0.25, -0.2) is 0 Å². The molecule has 0 aliphatic carbocycles. The summed E-state index contributed by atoms with van der Waals surface area (Å²) in [6.07, 6.45) is 1.63. The highest BCUT2D eigenvalue weighted by Gasteiger charge is 2.06. The Morgan fingerprint density at radius 1 is 1.47 bits per heavy atom. The SMILES string of the molecule is CCCCOc1ccc(C(C)O)cc1Cl. The fourth-order valence-corrected chi connectivity index (χ4v) is 1.46. The standard InChI is InChI=1S/C12H17ClO2/c1-3-4-7-15-12-6-5-10(9(2)14)8-11(12)13/h5-6,8-9,14H,3-4,7H2,1-2H3. The minimum absolute atomic E-state index is 0.493. The summed E-state index contributed by atoms with van der Waals surface area (Å²) in [5, 5.41) is 9.91. The molecule has 1 atom stereocenters. The summed E-state index contributed by atoms with van der Waals surface area (Å²) in [6.45, 7) is 4.51. The van der Waals surface area contributed by atoms with E-state index in [1.165, 1.54) is 0 Å². The molecule has 0 radical (unpaired) electrons. The lowest BCUT2D eigenvalue weighted by Crippen LogP contribution is -1.98. The molecule has 0 fully saturated rings. The fourth-order valence-electron chi connectivity index (χ4n) is 1.22. The lowest BCUT2D eigenvalue weighted by atomic mass is 10.1. The highest BCUT2D eigenvalue weighted by atomic mass is 35.5. The molecule has 1 rings (SSSR count). The van der Waals surface area contributed by atoms with Crippen LogP contribution in [0.1, 0.15) is 38.4 Å². The smallest absolute Gasteiger partial charge is 0.137 e. The maximum Gasteiger partial charge on any atom is 0.137 e. The first-order valence-corrected chi connectivity index (χ1v) is 5.63. The van der Waals surface area contributed by atoms with Gasteiger partial charge in [-0.3, -0.25) is 0 Å². The monoisotopic (exact) mass is 228 g/mol. The molecule has 0 saturated heterocycles. The zero-order chi connectivity index (χ0) is 11.3. The molecular formula is C12H17ClO2. The average Bonchev–Trinajstić information content (AvgIpc) is 2.20. The second-order valence-electron chi connectivity index (χ2n) is 3.57.